The standard InChI is InChI=1S/C14H19N5O4/c1-4-5-18-6-15-8-9(18)16-7-19-10(8)17-13(2,12(21)22)11(20)14(19,3)23/h6-7,11,20,23H,4-5H2,1-3H3,(H,21,22)/p+1/t11-,13-,14+/m0/s1. The summed E-state index contributed by atoms with van der Waals surface area (Å²) in [6.45, 7) is 5.43. The average molecular weight is 322 g/mol. The van der Waals surface area contributed by atoms with Crippen LogP contribution in [0.15, 0.2) is 12.7 Å². The van der Waals surface area contributed by atoms with Gasteiger partial charge in [0.05, 0.1) is 6.33 Å². The second-order valence-corrected chi connectivity index (χ2v) is 6.20. The summed E-state index contributed by atoms with van der Waals surface area (Å²) in [5.74, 6) is -0.959. The minimum Gasteiger partial charge on any atom is -0.478 e. The van der Waals surface area contributed by atoms with Crippen LogP contribution in [0.3, 0.4) is 0 Å². The Morgan fingerprint density at radius 2 is 2.17 bits per heavy atom. The van der Waals surface area contributed by atoms with Crippen molar-refractivity contribution < 1.29 is 24.7 Å². The van der Waals surface area contributed by atoms with Gasteiger partial charge in [0.15, 0.2) is 11.6 Å². The average Bonchev–Trinajstić information content (AvgIpc) is 2.89. The van der Waals surface area contributed by atoms with Crippen LogP contribution in [0.5, 0.6) is 0 Å². The number of carboxylic acids is 1. The maximum Gasteiger partial charge on any atom is 0.346 e. The number of aromatic nitrogens is 4. The van der Waals surface area contributed by atoms with E-state index in [0.29, 0.717) is 17.0 Å². The van der Waals surface area contributed by atoms with Crippen LogP contribution in [0, 0.1) is 0 Å². The number of rotatable bonds is 3. The van der Waals surface area contributed by atoms with E-state index in [1.807, 2.05) is 11.5 Å². The molecule has 2 aromatic heterocycles. The highest BCUT2D eigenvalue weighted by molar-refractivity contribution is 5.88. The number of anilines is 1. The molecular weight excluding hydrogens is 302 g/mol. The highest BCUT2D eigenvalue weighted by atomic mass is 16.4. The fraction of sp³-hybridized carbons (Fsp3) is 0.571. The zero-order valence-electron chi connectivity index (χ0n) is 13.2. The molecule has 3 atom stereocenters. The van der Waals surface area contributed by atoms with Crippen molar-refractivity contribution in [3.8, 4) is 0 Å². The number of imidazole rings is 1. The van der Waals surface area contributed by atoms with E-state index in [9.17, 15) is 20.1 Å². The highest BCUT2D eigenvalue weighted by Crippen LogP contribution is 2.33. The molecule has 124 valence electrons. The summed E-state index contributed by atoms with van der Waals surface area (Å²) in [7, 11) is 0. The molecule has 3 heterocycles. The van der Waals surface area contributed by atoms with Crippen molar-refractivity contribution in [2.24, 2.45) is 0 Å². The van der Waals surface area contributed by atoms with Crippen LogP contribution >= 0.6 is 0 Å². The lowest BCUT2D eigenvalue weighted by molar-refractivity contribution is -0.807. The molecule has 1 aliphatic heterocycles. The smallest absolute Gasteiger partial charge is 0.346 e. The summed E-state index contributed by atoms with van der Waals surface area (Å²) < 4.78 is 3.17. The molecule has 0 amide bonds. The molecule has 0 spiro atoms. The topological polar surface area (TPSA) is 124 Å². The lowest BCUT2D eigenvalue weighted by Gasteiger charge is -2.41. The van der Waals surface area contributed by atoms with Gasteiger partial charge in [-0.05, 0) is 13.3 Å². The molecule has 4 N–H and O–H groups in total. The summed E-state index contributed by atoms with van der Waals surface area (Å²) in [5, 5.41) is 33.4. The van der Waals surface area contributed by atoms with E-state index in [2.05, 4.69) is 15.3 Å². The van der Waals surface area contributed by atoms with Crippen molar-refractivity contribution in [3.63, 3.8) is 0 Å². The van der Waals surface area contributed by atoms with E-state index in [-0.39, 0.29) is 0 Å². The summed E-state index contributed by atoms with van der Waals surface area (Å²) >= 11 is 0. The second kappa shape index (κ2) is 4.87. The van der Waals surface area contributed by atoms with Crippen molar-refractivity contribution in [1.29, 1.82) is 0 Å². The van der Waals surface area contributed by atoms with Gasteiger partial charge in [-0.1, -0.05) is 11.9 Å². The maximum absolute atomic E-state index is 11.6. The van der Waals surface area contributed by atoms with Crippen LogP contribution in [-0.4, -0.2) is 47.5 Å². The Kier molecular flexibility index (Phi) is 3.31. The summed E-state index contributed by atoms with van der Waals surface area (Å²) in [5.41, 5.74) is -2.57. The van der Waals surface area contributed by atoms with Gasteiger partial charge in [-0.15, -0.1) is 0 Å². The van der Waals surface area contributed by atoms with E-state index in [1.54, 1.807) is 6.33 Å². The number of aryl methyl sites for hydroxylation is 1. The van der Waals surface area contributed by atoms with Crippen LogP contribution in [0.1, 0.15) is 27.2 Å². The van der Waals surface area contributed by atoms with Crippen molar-refractivity contribution in [2.75, 3.05) is 5.32 Å². The number of fused-ring (bicyclic) bond motifs is 3. The summed E-state index contributed by atoms with van der Waals surface area (Å²) in [6, 6.07) is 0. The lowest BCUT2D eigenvalue weighted by atomic mass is 9.85. The number of nitrogens with one attached hydrogen (secondary N) is 1. The third-order valence-electron chi connectivity index (χ3n) is 4.41. The lowest BCUT2D eigenvalue weighted by Crippen LogP contribution is -2.75. The number of carboxylic acid groups (broad SMARTS) is 1. The molecule has 3 rings (SSSR count). The van der Waals surface area contributed by atoms with E-state index in [1.165, 1.54) is 24.7 Å². The van der Waals surface area contributed by atoms with Gasteiger partial charge in [-0.2, -0.15) is 0 Å². The maximum atomic E-state index is 11.6. The number of nitrogens with zero attached hydrogens (tertiary/aromatic N) is 4. The first-order chi connectivity index (χ1) is 10.7. The Morgan fingerprint density at radius 1 is 1.48 bits per heavy atom. The number of carbonyl (C=O) groups is 1. The predicted octanol–water partition coefficient (Wildman–Crippen LogP) is -0.576. The summed E-state index contributed by atoms with van der Waals surface area (Å²) in [4.78, 5) is 20.2. The van der Waals surface area contributed by atoms with Crippen LogP contribution < -0.4 is 9.88 Å². The molecule has 0 saturated heterocycles. The van der Waals surface area contributed by atoms with Crippen molar-refractivity contribution in [3.05, 3.63) is 12.7 Å². The molecule has 23 heavy (non-hydrogen) atoms. The normalized spacial score (nSPS) is 30.0. The quantitative estimate of drug-likeness (QED) is 0.557. The number of hydrogen-bond acceptors (Lipinski definition) is 6. The van der Waals surface area contributed by atoms with Crippen molar-refractivity contribution in [1.82, 2.24) is 14.5 Å². The number of aliphatic hydroxyl groups excluding tert-OH is 1. The SMILES string of the molecule is CCCn1cnc2c3[n+](cnc21)[C@](C)(O)[C@@H](O)[C@@](C)(C(=O)O)N3. The first-order valence-electron chi connectivity index (χ1n) is 7.41. The Balaban J connectivity index is 2.27. The minimum absolute atomic E-state index is 0.310. The molecule has 0 saturated carbocycles. The zero-order chi connectivity index (χ0) is 17.0. The predicted molar refractivity (Wildman–Crippen MR) is 79.6 cm³/mol. The first kappa shape index (κ1) is 15.6. The molecular formula is C14H20N5O4+. The van der Waals surface area contributed by atoms with Crippen LogP contribution in [0.4, 0.5) is 5.82 Å². The Bertz CT molecular complexity index is 787. The monoisotopic (exact) mass is 322 g/mol. The van der Waals surface area contributed by atoms with Gasteiger partial charge in [-0.3, -0.25) is 5.32 Å². The van der Waals surface area contributed by atoms with Crippen LogP contribution in [0.2, 0.25) is 0 Å². The minimum atomic E-state index is -1.84. The Morgan fingerprint density at radius 3 is 2.78 bits per heavy atom. The fourth-order valence-electron chi connectivity index (χ4n) is 2.99. The summed E-state index contributed by atoms with van der Waals surface area (Å²) in [6.07, 6.45) is 2.32. The number of hydrogen-bond donors (Lipinski definition) is 4. The van der Waals surface area contributed by atoms with Gasteiger partial charge in [0.1, 0.15) is 0 Å². The highest BCUT2D eigenvalue weighted by Gasteiger charge is 2.59. The first-order valence-corrected chi connectivity index (χ1v) is 7.41. The number of aliphatic hydroxyl groups is 2. The molecule has 9 nitrogen and oxygen atoms in total. The second-order valence-electron chi connectivity index (χ2n) is 6.20. The largest absolute Gasteiger partial charge is 0.478 e. The van der Waals surface area contributed by atoms with Gasteiger partial charge >= 0.3 is 5.97 Å². The van der Waals surface area contributed by atoms with E-state index in [4.69, 9.17) is 0 Å². The van der Waals surface area contributed by atoms with E-state index in [0.717, 1.165) is 13.0 Å². The zero-order valence-corrected chi connectivity index (χ0v) is 13.2. The molecule has 0 unspecified atom stereocenters. The van der Waals surface area contributed by atoms with E-state index >= 15 is 0 Å². The molecule has 2 aromatic rings. The molecule has 0 radical (unpaired) electrons. The van der Waals surface area contributed by atoms with Gasteiger partial charge in [0.2, 0.25) is 23.2 Å². The third-order valence-corrected chi connectivity index (χ3v) is 4.41. The Labute approximate surface area is 132 Å². The molecule has 1 aliphatic rings. The molecule has 0 aromatic carbocycles. The van der Waals surface area contributed by atoms with Crippen LogP contribution in [0.25, 0.3) is 11.2 Å². The van der Waals surface area contributed by atoms with Crippen molar-refractivity contribution in [2.45, 2.75) is 51.1 Å². The van der Waals surface area contributed by atoms with Gasteiger partial charge < -0.3 is 19.9 Å². The van der Waals surface area contributed by atoms with Gasteiger partial charge in [0, 0.05) is 13.5 Å². The molecule has 0 aliphatic carbocycles. The Hall–Kier alpha value is -2.26. The molecule has 0 bridgehead atoms. The van der Waals surface area contributed by atoms with Crippen LogP contribution in [-0.2, 0) is 17.1 Å². The van der Waals surface area contributed by atoms with Gasteiger partial charge in [0.25, 0.3) is 5.82 Å². The molecule has 0 fully saturated rings. The number of aliphatic carboxylic acids is 1. The molecule has 9 heteroatoms. The van der Waals surface area contributed by atoms with E-state index < -0.39 is 23.3 Å². The third kappa shape index (κ3) is 2.00. The van der Waals surface area contributed by atoms with Crippen molar-refractivity contribution >= 4 is 23.0 Å². The fourth-order valence-corrected chi connectivity index (χ4v) is 2.99. The van der Waals surface area contributed by atoms with Gasteiger partial charge in [-0.25, -0.2) is 14.3 Å².